The van der Waals surface area contributed by atoms with Crippen molar-refractivity contribution in [2.75, 3.05) is 11.4 Å². The second-order valence-electron chi connectivity index (χ2n) is 4.80. The average molecular weight is 391 g/mol. The first kappa shape index (κ1) is 15.0. The highest BCUT2D eigenvalue weighted by Crippen LogP contribution is 2.53. The number of fused-ring (bicyclic) bond motifs is 1. The van der Waals surface area contributed by atoms with Crippen molar-refractivity contribution < 1.29 is 9.90 Å². The van der Waals surface area contributed by atoms with Gasteiger partial charge in [0.15, 0.2) is 0 Å². The van der Waals surface area contributed by atoms with Gasteiger partial charge in [-0.15, -0.1) is 0 Å². The van der Waals surface area contributed by atoms with Crippen LogP contribution in [-0.4, -0.2) is 20.5 Å². The summed E-state index contributed by atoms with van der Waals surface area (Å²) in [6.07, 6.45) is 3.08. The molecular formula is C14H18INO2S. The van der Waals surface area contributed by atoms with Crippen molar-refractivity contribution in [1.82, 2.24) is 0 Å². The predicted molar refractivity (Wildman–Crippen MR) is 88.2 cm³/mol. The maximum absolute atomic E-state index is 10.5. The number of hydrogen-bond acceptors (Lipinski definition) is 3. The van der Waals surface area contributed by atoms with E-state index in [0.29, 0.717) is 0 Å². The van der Waals surface area contributed by atoms with Crippen LogP contribution in [0.4, 0.5) is 5.69 Å². The van der Waals surface area contributed by atoms with Gasteiger partial charge in [0.25, 0.3) is 0 Å². The maximum Gasteiger partial charge on any atom is 0.303 e. The lowest BCUT2D eigenvalue weighted by molar-refractivity contribution is -0.137. The molecule has 0 fully saturated rings. The minimum atomic E-state index is -0.694. The van der Waals surface area contributed by atoms with Crippen molar-refractivity contribution in [3.8, 4) is 0 Å². The van der Waals surface area contributed by atoms with E-state index < -0.39 is 5.97 Å². The molecule has 1 unspecified atom stereocenters. The number of aliphatic carboxylic acids is 1. The number of carboxylic acids is 1. The Morgan fingerprint density at radius 1 is 1.37 bits per heavy atom. The fourth-order valence-electron chi connectivity index (χ4n) is 2.28. The normalized spacial score (nSPS) is 21.5. The number of anilines is 1. The monoisotopic (exact) mass is 391 g/mol. The largest absolute Gasteiger partial charge is 0.481 e. The second-order valence-corrected chi connectivity index (χ2v) is 9.07. The van der Waals surface area contributed by atoms with Gasteiger partial charge in [0.05, 0.1) is 5.69 Å². The van der Waals surface area contributed by atoms with E-state index in [4.69, 9.17) is 5.11 Å². The van der Waals surface area contributed by atoms with E-state index in [1.54, 1.807) is 0 Å². The van der Waals surface area contributed by atoms with Crippen LogP contribution in [0.5, 0.6) is 0 Å². The number of para-hydroxylation sites is 1. The fourth-order valence-corrected chi connectivity index (χ4v) is 4.62. The molecule has 0 spiro atoms. The first-order chi connectivity index (χ1) is 9.00. The van der Waals surface area contributed by atoms with Crippen LogP contribution < -0.4 is 4.90 Å². The first-order valence-electron chi connectivity index (χ1n) is 6.47. The minimum absolute atomic E-state index is 0.0637. The zero-order valence-electron chi connectivity index (χ0n) is 10.9. The topological polar surface area (TPSA) is 40.5 Å². The summed E-state index contributed by atoms with van der Waals surface area (Å²) in [6, 6.07) is 8.49. The Morgan fingerprint density at radius 2 is 2.11 bits per heavy atom. The van der Waals surface area contributed by atoms with E-state index >= 15 is 0 Å². The lowest BCUT2D eigenvalue weighted by Gasteiger charge is -2.31. The summed E-state index contributed by atoms with van der Waals surface area (Å²) in [7, 11) is 0. The number of alkyl halides is 1. The van der Waals surface area contributed by atoms with Crippen molar-refractivity contribution in [2.24, 2.45) is 0 Å². The summed E-state index contributed by atoms with van der Waals surface area (Å²) in [5, 5.41) is 8.62. The molecule has 0 saturated heterocycles. The summed E-state index contributed by atoms with van der Waals surface area (Å²) in [5.41, 5.74) is 1.31. The Bertz CT molecular complexity index is 465. The predicted octanol–water partition coefficient (Wildman–Crippen LogP) is 4.35. The van der Waals surface area contributed by atoms with Crippen LogP contribution in [0.2, 0.25) is 0 Å². The molecule has 104 valence electrons. The van der Waals surface area contributed by atoms with Gasteiger partial charge in [0.1, 0.15) is 2.88 Å². The van der Waals surface area contributed by atoms with E-state index in [2.05, 4.69) is 58.7 Å². The van der Waals surface area contributed by atoms with Crippen molar-refractivity contribution in [2.45, 2.75) is 40.4 Å². The number of benzene rings is 1. The number of unbranched alkanes of at least 4 members (excludes halogenated alkanes) is 2. The molecule has 2 rings (SSSR count). The van der Waals surface area contributed by atoms with E-state index in [0.717, 1.165) is 25.8 Å². The third kappa shape index (κ3) is 3.78. The van der Waals surface area contributed by atoms with Crippen LogP contribution in [0.25, 0.3) is 0 Å². The molecule has 3 nitrogen and oxygen atoms in total. The number of halogens is 1. The van der Waals surface area contributed by atoms with Gasteiger partial charge in [-0.05, 0) is 54.5 Å². The highest BCUT2D eigenvalue weighted by Gasteiger charge is 2.37. The van der Waals surface area contributed by atoms with E-state index in [1.807, 2.05) is 11.8 Å². The number of carboxylic acid groups (broad SMARTS) is 1. The third-order valence-electron chi connectivity index (χ3n) is 3.21. The van der Waals surface area contributed by atoms with Gasteiger partial charge in [-0.1, -0.05) is 30.3 Å². The number of hydrogen-bond donors (Lipinski definition) is 1. The highest BCUT2D eigenvalue weighted by atomic mass is 127. The van der Waals surface area contributed by atoms with E-state index in [1.165, 1.54) is 10.6 Å². The molecular weight excluding hydrogens is 373 g/mol. The number of rotatable bonds is 6. The molecule has 0 amide bonds. The molecule has 0 bridgehead atoms. The van der Waals surface area contributed by atoms with Gasteiger partial charge >= 0.3 is 5.97 Å². The van der Waals surface area contributed by atoms with Crippen LogP contribution >= 0.6 is 34.4 Å². The molecule has 1 aliphatic heterocycles. The van der Waals surface area contributed by atoms with Gasteiger partial charge in [0.2, 0.25) is 0 Å². The molecule has 1 aromatic rings. The SMILES string of the molecule is CC1(I)Sc2ccccc2N1CCCCCC(=O)O. The van der Waals surface area contributed by atoms with Crippen molar-refractivity contribution in [1.29, 1.82) is 0 Å². The molecule has 0 aliphatic carbocycles. The molecule has 19 heavy (non-hydrogen) atoms. The molecule has 1 aliphatic rings. The van der Waals surface area contributed by atoms with Gasteiger partial charge in [0, 0.05) is 17.9 Å². The highest BCUT2D eigenvalue weighted by molar-refractivity contribution is 14.1. The number of carbonyl (C=O) groups is 1. The van der Waals surface area contributed by atoms with Gasteiger partial charge in [-0.3, -0.25) is 4.79 Å². The van der Waals surface area contributed by atoms with Gasteiger partial charge < -0.3 is 10.0 Å². The van der Waals surface area contributed by atoms with Gasteiger partial charge in [-0.2, -0.15) is 0 Å². The Hall–Kier alpha value is -0.430. The molecule has 1 aromatic carbocycles. The van der Waals surface area contributed by atoms with Crippen LogP contribution in [0.15, 0.2) is 29.2 Å². The van der Waals surface area contributed by atoms with Crippen molar-refractivity contribution in [3.05, 3.63) is 24.3 Å². The number of nitrogens with zero attached hydrogens (tertiary/aromatic N) is 1. The first-order valence-corrected chi connectivity index (χ1v) is 8.36. The van der Waals surface area contributed by atoms with Crippen molar-refractivity contribution >= 4 is 46.0 Å². The maximum atomic E-state index is 10.5. The molecule has 1 N–H and O–H groups in total. The molecule has 0 aromatic heterocycles. The summed E-state index contributed by atoms with van der Waals surface area (Å²) in [4.78, 5) is 14.2. The van der Waals surface area contributed by atoms with Crippen molar-refractivity contribution in [3.63, 3.8) is 0 Å². The van der Waals surface area contributed by atoms with Gasteiger partial charge in [-0.25, -0.2) is 0 Å². The Balaban J connectivity index is 1.90. The molecule has 1 atom stereocenters. The quantitative estimate of drug-likeness (QED) is 0.339. The zero-order valence-corrected chi connectivity index (χ0v) is 13.9. The lowest BCUT2D eigenvalue weighted by Crippen LogP contribution is -2.35. The fraction of sp³-hybridized carbons (Fsp3) is 0.500. The number of thioether (sulfide) groups is 1. The van der Waals surface area contributed by atoms with E-state index in [9.17, 15) is 4.79 Å². The van der Waals surface area contributed by atoms with Crippen LogP contribution in [0.3, 0.4) is 0 Å². The standard InChI is InChI=1S/C14H18INO2S/c1-14(15)16(10-6-2-3-9-13(17)18)11-7-4-5-8-12(11)19-14/h4-5,7-8H,2-3,6,9-10H2,1H3,(H,17,18). The van der Waals surface area contributed by atoms with Crippen LogP contribution in [0, 0.1) is 0 Å². The molecule has 1 heterocycles. The Labute approximate surface area is 131 Å². The summed E-state index contributed by atoms with van der Waals surface area (Å²) in [5.74, 6) is -0.694. The molecule has 0 radical (unpaired) electrons. The van der Waals surface area contributed by atoms with Crippen LogP contribution in [-0.2, 0) is 4.79 Å². The zero-order chi connectivity index (χ0) is 13.9. The minimum Gasteiger partial charge on any atom is -0.481 e. The Morgan fingerprint density at radius 3 is 2.84 bits per heavy atom. The smallest absolute Gasteiger partial charge is 0.303 e. The lowest BCUT2D eigenvalue weighted by atomic mass is 10.2. The summed E-state index contributed by atoms with van der Waals surface area (Å²) < 4.78 is 0.0637. The Kier molecular flexibility index (Phi) is 5.00. The van der Waals surface area contributed by atoms with E-state index in [-0.39, 0.29) is 9.30 Å². The summed E-state index contributed by atoms with van der Waals surface area (Å²) in [6.45, 7) is 3.22. The summed E-state index contributed by atoms with van der Waals surface area (Å²) >= 11 is 4.38. The second kappa shape index (κ2) is 6.35. The molecule has 5 heteroatoms. The van der Waals surface area contributed by atoms with Crippen LogP contribution in [0.1, 0.15) is 32.6 Å². The average Bonchev–Trinajstić information content (AvgIpc) is 2.59. The molecule has 0 saturated carbocycles. The third-order valence-corrected chi connectivity index (χ3v) is 5.61.